The van der Waals surface area contributed by atoms with Crippen LogP contribution in [-0.2, 0) is 4.79 Å². The summed E-state index contributed by atoms with van der Waals surface area (Å²) < 4.78 is 0.930. The molecule has 0 radical (unpaired) electrons. The van der Waals surface area contributed by atoms with Crippen LogP contribution in [0, 0.1) is 12.8 Å². The number of amides is 1. The molecule has 1 aromatic carbocycles. The van der Waals surface area contributed by atoms with Crippen molar-refractivity contribution in [1.29, 1.82) is 0 Å². The smallest absolute Gasteiger partial charge is 0.234 e. The van der Waals surface area contributed by atoms with E-state index < -0.39 is 0 Å². The Morgan fingerprint density at radius 2 is 2.07 bits per heavy atom. The molecule has 1 amide bonds. The number of pyridine rings is 1. The number of piperidine rings is 2. The van der Waals surface area contributed by atoms with Gasteiger partial charge >= 0.3 is 0 Å². The SMILES string of the molecule is Cc1csc(SCC(=O)Nc2ccc3nc(N4CC5CCC4CC5)ccc3c2)n1. The van der Waals surface area contributed by atoms with Gasteiger partial charge in [0.2, 0.25) is 5.91 Å². The van der Waals surface area contributed by atoms with Crippen molar-refractivity contribution in [2.45, 2.75) is 43.0 Å². The molecule has 2 saturated heterocycles. The molecule has 4 heterocycles. The first kappa shape index (κ1) is 18.9. The number of carbonyl (C=O) groups is 1. The normalized spacial score (nSPS) is 20.9. The zero-order valence-electron chi connectivity index (χ0n) is 16.4. The fourth-order valence-electron chi connectivity index (χ4n) is 4.42. The Bertz CT molecular complexity index is 1040. The zero-order chi connectivity index (χ0) is 19.8. The van der Waals surface area contributed by atoms with Crippen LogP contribution in [0.15, 0.2) is 40.1 Å². The predicted octanol–water partition coefficient (Wildman–Crippen LogP) is 5.11. The van der Waals surface area contributed by atoms with Crippen molar-refractivity contribution in [3.05, 3.63) is 41.4 Å². The number of rotatable bonds is 5. The third-order valence-electron chi connectivity index (χ3n) is 5.89. The molecular formula is C22H24N4OS2. The number of hydrogen-bond donors (Lipinski definition) is 1. The molecule has 1 saturated carbocycles. The number of nitrogens with one attached hydrogen (secondary N) is 1. The number of nitrogens with zero attached hydrogens (tertiary/aromatic N) is 3. The Morgan fingerprint density at radius 3 is 2.79 bits per heavy atom. The maximum absolute atomic E-state index is 12.3. The van der Waals surface area contributed by atoms with Crippen LogP contribution in [0.4, 0.5) is 11.5 Å². The van der Waals surface area contributed by atoms with E-state index in [0.29, 0.717) is 11.8 Å². The molecule has 29 heavy (non-hydrogen) atoms. The molecule has 5 nitrogen and oxygen atoms in total. The van der Waals surface area contributed by atoms with Gasteiger partial charge in [0.05, 0.1) is 11.3 Å². The molecule has 6 rings (SSSR count). The fraction of sp³-hybridized carbons (Fsp3) is 0.409. The van der Waals surface area contributed by atoms with Gasteiger partial charge in [-0.15, -0.1) is 11.3 Å². The first-order valence-corrected chi connectivity index (χ1v) is 12.0. The van der Waals surface area contributed by atoms with Gasteiger partial charge in [0.15, 0.2) is 4.34 Å². The quantitative estimate of drug-likeness (QED) is 0.577. The summed E-state index contributed by atoms with van der Waals surface area (Å²) in [5.41, 5.74) is 2.79. The van der Waals surface area contributed by atoms with Crippen LogP contribution in [0.3, 0.4) is 0 Å². The number of aryl methyl sites for hydroxylation is 1. The van der Waals surface area contributed by atoms with Gasteiger partial charge in [-0.05, 0) is 68.9 Å². The molecule has 0 atom stereocenters. The number of thioether (sulfide) groups is 1. The summed E-state index contributed by atoms with van der Waals surface area (Å²) >= 11 is 3.05. The van der Waals surface area contributed by atoms with Crippen molar-refractivity contribution in [1.82, 2.24) is 9.97 Å². The highest BCUT2D eigenvalue weighted by Gasteiger charge is 2.34. The fourth-order valence-corrected chi connectivity index (χ4v) is 6.07. The number of thiazole rings is 1. The number of aromatic nitrogens is 2. The zero-order valence-corrected chi connectivity index (χ0v) is 18.1. The Balaban J connectivity index is 1.26. The van der Waals surface area contributed by atoms with Crippen molar-refractivity contribution in [3.63, 3.8) is 0 Å². The maximum atomic E-state index is 12.3. The highest BCUT2D eigenvalue weighted by Crippen LogP contribution is 2.37. The highest BCUT2D eigenvalue weighted by molar-refractivity contribution is 8.01. The summed E-state index contributed by atoms with van der Waals surface area (Å²) in [6.07, 6.45) is 5.35. The summed E-state index contributed by atoms with van der Waals surface area (Å²) in [6.45, 7) is 3.11. The van der Waals surface area contributed by atoms with Crippen molar-refractivity contribution >= 4 is 51.4 Å². The number of fused-ring (bicyclic) bond motifs is 4. The maximum Gasteiger partial charge on any atom is 0.234 e. The van der Waals surface area contributed by atoms with Gasteiger partial charge < -0.3 is 10.2 Å². The molecule has 1 aliphatic carbocycles. The van der Waals surface area contributed by atoms with Crippen LogP contribution in [0.5, 0.6) is 0 Å². The molecule has 0 spiro atoms. The lowest BCUT2D eigenvalue weighted by molar-refractivity contribution is -0.113. The minimum Gasteiger partial charge on any atom is -0.353 e. The molecular weight excluding hydrogens is 400 g/mol. The summed E-state index contributed by atoms with van der Waals surface area (Å²) in [7, 11) is 0. The molecule has 7 heteroatoms. The molecule has 3 aromatic rings. The second-order valence-corrected chi connectivity index (χ2v) is 10.1. The minimum absolute atomic E-state index is 0.0175. The number of benzene rings is 1. The van der Waals surface area contributed by atoms with E-state index in [-0.39, 0.29) is 5.91 Å². The van der Waals surface area contributed by atoms with Gasteiger partial charge in [-0.3, -0.25) is 4.79 Å². The van der Waals surface area contributed by atoms with E-state index >= 15 is 0 Å². The van der Waals surface area contributed by atoms with E-state index in [9.17, 15) is 4.79 Å². The number of carbonyl (C=O) groups excluding carboxylic acids is 1. The van der Waals surface area contributed by atoms with Crippen molar-refractivity contribution in [2.75, 3.05) is 22.5 Å². The van der Waals surface area contributed by atoms with Gasteiger partial charge in [-0.2, -0.15) is 0 Å². The largest absolute Gasteiger partial charge is 0.353 e. The van der Waals surface area contributed by atoms with Crippen LogP contribution in [0.2, 0.25) is 0 Å². The molecule has 2 aromatic heterocycles. The Hall–Kier alpha value is -2.12. The third-order valence-corrected chi connectivity index (χ3v) is 8.03. The van der Waals surface area contributed by atoms with Crippen molar-refractivity contribution < 1.29 is 4.79 Å². The first-order valence-electron chi connectivity index (χ1n) is 10.2. The molecule has 0 unspecified atom stereocenters. The average molecular weight is 425 g/mol. The minimum atomic E-state index is -0.0175. The summed E-state index contributed by atoms with van der Waals surface area (Å²) in [5.74, 6) is 2.27. The lowest BCUT2D eigenvalue weighted by Crippen LogP contribution is -2.48. The Labute approximate surface area is 178 Å². The Kier molecular flexibility index (Phi) is 5.18. The molecule has 2 aliphatic heterocycles. The van der Waals surface area contributed by atoms with Crippen LogP contribution >= 0.6 is 23.1 Å². The summed E-state index contributed by atoms with van der Waals surface area (Å²) in [6, 6.07) is 10.9. The van der Waals surface area contributed by atoms with E-state index in [1.165, 1.54) is 37.4 Å². The van der Waals surface area contributed by atoms with E-state index in [0.717, 1.165) is 44.9 Å². The number of hydrogen-bond acceptors (Lipinski definition) is 6. The van der Waals surface area contributed by atoms with Crippen LogP contribution in [0.1, 0.15) is 31.4 Å². The average Bonchev–Trinajstić information content (AvgIpc) is 3.18. The van der Waals surface area contributed by atoms with E-state index in [4.69, 9.17) is 4.98 Å². The van der Waals surface area contributed by atoms with Gasteiger partial charge in [-0.25, -0.2) is 9.97 Å². The second-order valence-electron chi connectivity index (χ2n) is 8.00. The molecule has 150 valence electrons. The standard InChI is InChI=1S/C22H24N4OS2/c1-14-12-28-22(23-14)29-13-21(27)24-17-5-8-19-16(10-17)4-9-20(25-19)26-11-15-2-6-18(26)7-3-15/h4-5,8-10,12,15,18H,2-3,6-7,11,13H2,1H3,(H,24,27). The van der Waals surface area contributed by atoms with Crippen LogP contribution in [-0.4, -0.2) is 34.2 Å². The van der Waals surface area contributed by atoms with E-state index in [1.807, 2.05) is 30.5 Å². The predicted molar refractivity (Wildman–Crippen MR) is 121 cm³/mol. The summed E-state index contributed by atoms with van der Waals surface area (Å²) in [5, 5.41) is 6.04. The number of anilines is 2. The van der Waals surface area contributed by atoms with Gasteiger partial charge in [0, 0.05) is 34.7 Å². The lowest BCUT2D eigenvalue weighted by atomic mass is 9.80. The van der Waals surface area contributed by atoms with Crippen molar-refractivity contribution in [3.8, 4) is 0 Å². The summed E-state index contributed by atoms with van der Waals surface area (Å²) in [4.78, 5) is 24.1. The third kappa shape index (κ3) is 4.12. The second kappa shape index (κ2) is 7.95. The topological polar surface area (TPSA) is 58.1 Å². The molecule has 3 aliphatic rings. The molecule has 2 bridgehead atoms. The molecule has 1 N–H and O–H groups in total. The highest BCUT2D eigenvalue weighted by atomic mass is 32.2. The van der Waals surface area contributed by atoms with Crippen molar-refractivity contribution in [2.24, 2.45) is 5.92 Å². The van der Waals surface area contributed by atoms with Crippen LogP contribution < -0.4 is 10.2 Å². The van der Waals surface area contributed by atoms with E-state index in [1.54, 1.807) is 11.3 Å². The van der Waals surface area contributed by atoms with Crippen LogP contribution in [0.25, 0.3) is 10.9 Å². The molecule has 3 fully saturated rings. The Morgan fingerprint density at radius 1 is 1.21 bits per heavy atom. The van der Waals surface area contributed by atoms with Gasteiger partial charge in [0.1, 0.15) is 5.82 Å². The first-order chi connectivity index (χ1) is 14.1. The lowest BCUT2D eigenvalue weighted by Gasteiger charge is -2.46. The van der Waals surface area contributed by atoms with Gasteiger partial charge in [-0.1, -0.05) is 11.8 Å². The van der Waals surface area contributed by atoms with E-state index in [2.05, 4.69) is 27.3 Å². The monoisotopic (exact) mass is 424 g/mol. The van der Waals surface area contributed by atoms with Gasteiger partial charge in [0.25, 0.3) is 0 Å².